The van der Waals surface area contributed by atoms with Crippen molar-refractivity contribution in [2.45, 2.75) is 87.0 Å². The quantitative estimate of drug-likeness (QED) is 0.558. The topological polar surface area (TPSA) is 71.1 Å². The van der Waals surface area contributed by atoms with E-state index in [0.717, 1.165) is 44.1 Å². The second-order valence-electron chi connectivity index (χ2n) is 9.52. The van der Waals surface area contributed by atoms with Gasteiger partial charge in [-0.25, -0.2) is 4.79 Å². The Labute approximate surface area is 176 Å². The van der Waals surface area contributed by atoms with Crippen LogP contribution in [0.2, 0.25) is 0 Å². The Kier molecular flexibility index (Phi) is 3.89. The third-order valence-corrected chi connectivity index (χ3v) is 8.34. The van der Waals surface area contributed by atoms with E-state index >= 15 is 0 Å². The molecular weight excluding hydrogens is 384 g/mol. The van der Waals surface area contributed by atoms with Crippen LogP contribution >= 0.6 is 0 Å². The van der Waals surface area contributed by atoms with Gasteiger partial charge in [0, 0.05) is 17.9 Å². The normalized spacial score (nSPS) is 46.2. The molecule has 1 aromatic rings. The highest BCUT2D eigenvalue weighted by molar-refractivity contribution is 6.11. The van der Waals surface area contributed by atoms with Crippen LogP contribution in [0.15, 0.2) is 30.3 Å². The maximum atomic E-state index is 13.7. The highest BCUT2D eigenvalue weighted by Gasteiger charge is 2.88. The Morgan fingerprint density at radius 1 is 1.10 bits per heavy atom. The average molecular weight is 412 g/mol. The zero-order valence-corrected chi connectivity index (χ0v) is 17.4. The molecule has 6 atom stereocenters. The number of ketones is 1. The van der Waals surface area contributed by atoms with Crippen molar-refractivity contribution in [1.82, 2.24) is 0 Å². The molecule has 2 bridgehead atoms. The Morgan fingerprint density at radius 2 is 1.90 bits per heavy atom. The molecule has 6 nitrogen and oxygen atoms in total. The number of ether oxygens (including phenoxy) is 4. The summed E-state index contributed by atoms with van der Waals surface area (Å²) >= 11 is 0. The van der Waals surface area contributed by atoms with Crippen LogP contribution in [0.4, 0.5) is 0 Å². The molecule has 5 aliphatic rings. The predicted molar refractivity (Wildman–Crippen MR) is 105 cm³/mol. The minimum atomic E-state index is -1.73. The molecule has 6 heteroatoms. The van der Waals surface area contributed by atoms with Crippen LogP contribution in [0.3, 0.4) is 0 Å². The molecule has 1 spiro atoms. The molecule has 6 rings (SSSR count). The number of benzene rings is 1. The molecule has 0 amide bonds. The van der Waals surface area contributed by atoms with Crippen LogP contribution < -0.4 is 0 Å². The SMILES string of the molecule is CCOC(=O)[C@]12O[C@]3(CCC[C@H]3[C@@]34CCCC[C@@]13O[C@H](c1ccccc1)O4)CC2=O. The lowest BCUT2D eigenvalue weighted by Gasteiger charge is -2.60. The monoisotopic (exact) mass is 412 g/mol. The number of Topliss-reactive ketones (excluding diaryl/α,β-unsaturated/α-hetero) is 1. The van der Waals surface area contributed by atoms with Gasteiger partial charge in [-0.05, 0) is 32.6 Å². The number of hydrogen-bond donors (Lipinski definition) is 0. The van der Waals surface area contributed by atoms with E-state index in [4.69, 9.17) is 18.9 Å². The first kappa shape index (κ1) is 19.0. The van der Waals surface area contributed by atoms with Crippen LogP contribution in [0.1, 0.15) is 70.1 Å². The smallest absolute Gasteiger partial charge is 0.349 e. The summed E-state index contributed by atoms with van der Waals surface area (Å²) < 4.78 is 25.7. The molecule has 0 unspecified atom stereocenters. The number of esters is 1. The summed E-state index contributed by atoms with van der Waals surface area (Å²) in [7, 11) is 0. The molecule has 3 heterocycles. The first-order valence-electron chi connectivity index (χ1n) is 11.3. The van der Waals surface area contributed by atoms with Gasteiger partial charge < -0.3 is 18.9 Å². The van der Waals surface area contributed by atoms with E-state index in [1.807, 2.05) is 30.3 Å². The van der Waals surface area contributed by atoms with Gasteiger partial charge in [0.05, 0.1) is 12.2 Å². The average Bonchev–Trinajstić information content (AvgIpc) is 3.41. The van der Waals surface area contributed by atoms with Gasteiger partial charge in [-0.2, -0.15) is 0 Å². The summed E-state index contributed by atoms with van der Waals surface area (Å²) in [5.41, 5.74) is -3.31. The van der Waals surface area contributed by atoms with Gasteiger partial charge in [-0.1, -0.05) is 49.6 Å². The zero-order valence-electron chi connectivity index (χ0n) is 17.4. The number of rotatable bonds is 3. The minimum Gasteiger partial charge on any atom is -0.463 e. The summed E-state index contributed by atoms with van der Waals surface area (Å²) in [6.45, 7) is 1.95. The van der Waals surface area contributed by atoms with Gasteiger partial charge in [0.1, 0.15) is 11.2 Å². The van der Waals surface area contributed by atoms with Crippen molar-refractivity contribution in [3.63, 3.8) is 0 Å². The molecule has 2 aliphatic carbocycles. The largest absolute Gasteiger partial charge is 0.463 e. The molecule has 0 N–H and O–H groups in total. The molecule has 1 aromatic carbocycles. The summed E-state index contributed by atoms with van der Waals surface area (Å²) in [5, 5.41) is 0. The third-order valence-electron chi connectivity index (χ3n) is 8.34. The number of fused-ring (bicyclic) bond motifs is 1. The van der Waals surface area contributed by atoms with E-state index in [1.54, 1.807) is 6.92 Å². The highest BCUT2D eigenvalue weighted by Crippen LogP contribution is 2.72. The predicted octanol–water partition coefficient (Wildman–Crippen LogP) is 3.63. The summed E-state index contributed by atoms with van der Waals surface area (Å²) in [4.78, 5) is 27.2. The fraction of sp³-hybridized carbons (Fsp3) is 0.667. The van der Waals surface area contributed by atoms with Crippen LogP contribution in [0.25, 0.3) is 0 Å². The molecule has 0 aromatic heterocycles. The van der Waals surface area contributed by atoms with Gasteiger partial charge in [0.15, 0.2) is 12.1 Å². The van der Waals surface area contributed by atoms with Crippen LogP contribution in [0, 0.1) is 5.92 Å². The van der Waals surface area contributed by atoms with Gasteiger partial charge in [-0.3, -0.25) is 4.79 Å². The van der Waals surface area contributed by atoms with Crippen LogP contribution in [-0.4, -0.2) is 40.8 Å². The first-order valence-corrected chi connectivity index (χ1v) is 11.3. The molecule has 160 valence electrons. The molecule has 3 aliphatic heterocycles. The van der Waals surface area contributed by atoms with Gasteiger partial charge in [0.25, 0.3) is 5.60 Å². The fourth-order valence-corrected chi connectivity index (χ4v) is 7.42. The number of carbonyl (C=O) groups excluding carboxylic acids is 2. The maximum Gasteiger partial charge on any atom is 0.349 e. The Balaban J connectivity index is 1.58. The van der Waals surface area contributed by atoms with E-state index in [9.17, 15) is 9.59 Å². The van der Waals surface area contributed by atoms with Crippen molar-refractivity contribution in [1.29, 1.82) is 0 Å². The second-order valence-corrected chi connectivity index (χ2v) is 9.52. The fourth-order valence-electron chi connectivity index (χ4n) is 7.42. The Morgan fingerprint density at radius 3 is 2.70 bits per heavy atom. The summed E-state index contributed by atoms with van der Waals surface area (Å²) in [6, 6.07) is 9.81. The van der Waals surface area contributed by atoms with Crippen LogP contribution in [0.5, 0.6) is 0 Å². The van der Waals surface area contributed by atoms with Crippen molar-refractivity contribution in [3.8, 4) is 0 Å². The van der Waals surface area contributed by atoms with Crippen molar-refractivity contribution in [2.24, 2.45) is 5.92 Å². The second kappa shape index (κ2) is 6.15. The summed E-state index contributed by atoms with van der Waals surface area (Å²) in [5.74, 6) is -0.734. The van der Waals surface area contributed by atoms with Crippen molar-refractivity contribution >= 4 is 11.8 Å². The van der Waals surface area contributed by atoms with E-state index in [2.05, 4.69) is 0 Å². The van der Waals surface area contributed by atoms with Crippen molar-refractivity contribution in [2.75, 3.05) is 6.61 Å². The Hall–Kier alpha value is -1.76. The zero-order chi connectivity index (χ0) is 20.6. The van der Waals surface area contributed by atoms with E-state index in [-0.39, 0.29) is 24.7 Å². The van der Waals surface area contributed by atoms with Gasteiger partial charge >= 0.3 is 5.97 Å². The molecule has 30 heavy (non-hydrogen) atoms. The standard InChI is InChI=1S/C24H28O6/c1-2-27-20(26)24-18(25)15-21(30-24)12-8-11-17(21)22-13-6-7-14-23(22,24)29-19(28-22)16-9-4-3-5-10-16/h3-5,9-10,17,19H,2,6-8,11-15H2,1H3/t17-,19-,21-,22+,23+,24+/m1/s1. The third kappa shape index (κ3) is 1.96. The van der Waals surface area contributed by atoms with Crippen LogP contribution in [-0.2, 0) is 28.5 Å². The lowest BCUT2D eigenvalue weighted by Crippen LogP contribution is -2.79. The van der Waals surface area contributed by atoms with E-state index < -0.39 is 34.7 Å². The molecule has 5 fully saturated rings. The lowest BCUT2D eigenvalue weighted by atomic mass is 9.56. The van der Waals surface area contributed by atoms with Gasteiger partial charge in [0.2, 0.25) is 0 Å². The minimum absolute atomic E-state index is 0.0491. The lowest BCUT2D eigenvalue weighted by molar-refractivity contribution is -0.301. The molecule has 2 saturated carbocycles. The molecule has 0 radical (unpaired) electrons. The maximum absolute atomic E-state index is 13.7. The van der Waals surface area contributed by atoms with Gasteiger partial charge in [-0.15, -0.1) is 0 Å². The summed E-state index contributed by atoms with van der Waals surface area (Å²) in [6.07, 6.45) is 5.51. The first-order chi connectivity index (χ1) is 14.5. The van der Waals surface area contributed by atoms with E-state index in [0.29, 0.717) is 6.42 Å². The molecule has 3 saturated heterocycles. The number of carbonyl (C=O) groups is 2. The molecular formula is C24H28O6. The Bertz CT molecular complexity index is 900. The number of hydrogen-bond acceptors (Lipinski definition) is 6. The highest BCUT2D eigenvalue weighted by atomic mass is 16.8. The van der Waals surface area contributed by atoms with Crippen molar-refractivity contribution < 1.29 is 28.5 Å². The van der Waals surface area contributed by atoms with Crippen molar-refractivity contribution in [3.05, 3.63) is 35.9 Å². The van der Waals surface area contributed by atoms with E-state index in [1.165, 1.54) is 0 Å².